The number of benzene rings is 1. The zero-order valence-corrected chi connectivity index (χ0v) is 18.0. The minimum Gasteiger partial charge on any atom is -0.302 e. The van der Waals surface area contributed by atoms with Crippen molar-refractivity contribution in [2.24, 2.45) is 0 Å². The molecule has 1 aromatic rings. The van der Waals surface area contributed by atoms with E-state index in [9.17, 15) is 9.59 Å². The highest BCUT2D eigenvalue weighted by Crippen LogP contribution is 2.45. The van der Waals surface area contributed by atoms with Crippen LogP contribution in [0, 0.1) is 20.8 Å². The lowest BCUT2D eigenvalue weighted by Gasteiger charge is -2.42. The van der Waals surface area contributed by atoms with Gasteiger partial charge >= 0.3 is 0 Å². The quantitative estimate of drug-likeness (QED) is 0.725. The highest BCUT2D eigenvalue weighted by Gasteiger charge is 2.61. The molecule has 2 heterocycles. The zero-order valence-electron chi connectivity index (χ0n) is 18.0. The van der Waals surface area contributed by atoms with E-state index >= 15 is 0 Å². The van der Waals surface area contributed by atoms with Gasteiger partial charge < -0.3 is 4.84 Å². The molecule has 1 atom stereocenters. The Bertz CT molecular complexity index is 784. The van der Waals surface area contributed by atoms with Gasteiger partial charge in [-0.1, -0.05) is 30.5 Å². The molecule has 1 amide bonds. The van der Waals surface area contributed by atoms with Gasteiger partial charge in [-0.3, -0.25) is 14.4 Å². The van der Waals surface area contributed by atoms with E-state index in [1.807, 2.05) is 25.8 Å². The maximum absolute atomic E-state index is 13.9. The van der Waals surface area contributed by atoms with Crippen molar-refractivity contribution in [2.45, 2.75) is 76.9 Å². The molecule has 0 radical (unpaired) electrons. The highest BCUT2D eigenvalue weighted by atomic mass is 16.7. The van der Waals surface area contributed by atoms with Crippen LogP contribution in [0.1, 0.15) is 66.7 Å². The van der Waals surface area contributed by atoms with Crippen LogP contribution < -0.4 is 0 Å². The minimum absolute atomic E-state index is 0.00805. The van der Waals surface area contributed by atoms with Gasteiger partial charge in [0.15, 0.2) is 5.78 Å². The first-order chi connectivity index (χ1) is 13.9. The molecule has 1 unspecified atom stereocenters. The van der Waals surface area contributed by atoms with Crippen LogP contribution in [0.4, 0.5) is 0 Å². The lowest BCUT2D eigenvalue weighted by Crippen LogP contribution is -2.56. The normalized spacial score (nSPS) is 25.5. The van der Waals surface area contributed by atoms with Crippen molar-refractivity contribution < 1.29 is 19.3 Å². The van der Waals surface area contributed by atoms with Crippen LogP contribution in [0.5, 0.6) is 0 Å². The largest absolute Gasteiger partial charge is 0.302 e. The summed E-state index contributed by atoms with van der Waals surface area (Å²) in [5.74, 6) is -0.972. The first kappa shape index (κ1) is 20.5. The smallest absolute Gasteiger partial charge is 0.262 e. The van der Waals surface area contributed by atoms with Crippen LogP contribution in [0.15, 0.2) is 12.1 Å². The molecular formula is C23H32N2O4. The second kappa shape index (κ2) is 7.82. The Hall–Kier alpha value is -1.76. The second-order valence-electron chi connectivity index (χ2n) is 8.90. The fourth-order valence-electron chi connectivity index (χ4n) is 5.49. The number of carbonyl (C=O) groups excluding carboxylic acids is 2. The molecule has 0 aromatic heterocycles. The van der Waals surface area contributed by atoms with Gasteiger partial charge in [-0.15, -0.1) is 0 Å². The molecule has 2 aliphatic heterocycles. The van der Waals surface area contributed by atoms with Gasteiger partial charge in [0.2, 0.25) is 0 Å². The van der Waals surface area contributed by atoms with Gasteiger partial charge in [0.05, 0.1) is 13.2 Å². The summed E-state index contributed by atoms with van der Waals surface area (Å²) >= 11 is 0. The molecule has 1 aliphatic carbocycles. The number of hydroxylamine groups is 4. The Morgan fingerprint density at radius 2 is 1.59 bits per heavy atom. The summed E-state index contributed by atoms with van der Waals surface area (Å²) in [7, 11) is 1.65. The Balaban J connectivity index is 1.73. The summed E-state index contributed by atoms with van der Waals surface area (Å²) < 4.78 is 0. The van der Waals surface area contributed by atoms with Crippen molar-refractivity contribution in [1.29, 1.82) is 0 Å². The van der Waals surface area contributed by atoms with Crippen LogP contribution in [0.3, 0.4) is 0 Å². The summed E-state index contributed by atoms with van der Waals surface area (Å²) in [4.78, 5) is 39.2. The van der Waals surface area contributed by atoms with Gasteiger partial charge in [0.25, 0.3) is 5.91 Å². The van der Waals surface area contributed by atoms with Gasteiger partial charge in [-0.2, -0.15) is 5.06 Å². The van der Waals surface area contributed by atoms with E-state index in [1.165, 1.54) is 5.06 Å². The number of Topliss-reactive ketones (excluding diaryl/α,β-unsaturated/α-hetero) is 1. The maximum Gasteiger partial charge on any atom is 0.262 e. The number of ketones is 1. The Kier molecular flexibility index (Phi) is 5.53. The van der Waals surface area contributed by atoms with Gasteiger partial charge in [0, 0.05) is 13.1 Å². The summed E-state index contributed by atoms with van der Waals surface area (Å²) in [5, 5.41) is 3.36. The monoisotopic (exact) mass is 400 g/mol. The SMILES string of the molecule is CON1CCC2(CC1)C(=O)C(c1c(C)cc(C)cc1C)C(=O)N2OC1CCCC1. The minimum atomic E-state index is -0.886. The first-order valence-corrected chi connectivity index (χ1v) is 10.8. The molecule has 6 nitrogen and oxygen atoms in total. The van der Waals surface area contributed by atoms with Gasteiger partial charge in [0.1, 0.15) is 11.5 Å². The molecule has 2 saturated heterocycles. The van der Waals surface area contributed by atoms with Crippen molar-refractivity contribution in [1.82, 2.24) is 10.1 Å². The Labute approximate surface area is 173 Å². The topological polar surface area (TPSA) is 59.1 Å². The van der Waals surface area contributed by atoms with E-state index in [2.05, 4.69) is 12.1 Å². The third-order valence-corrected chi connectivity index (χ3v) is 6.95. The predicted molar refractivity (Wildman–Crippen MR) is 109 cm³/mol. The summed E-state index contributed by atoms with van der Waals surface area (Å²) in [6, 6.07) is 4.12. The standard InChI is InChI=1S/C23H32N2O4/c1-15-13-16(2)19(17(3)14-15)20-21(26)23(9-11-24(28-4)12-10-23)25(22(20)27)29-18-7-5-6-8-18/h13-14,18,20H,5-12H2,1-4H3. The molecule has 1 spiro atoms. The van der Waals surface area contributed by atoms with E-state index in [-0.39, 0.29) is 17.8 Å². The van der Waals surface area contributed by atoms with Crippen LogP contribution in [-0.2, 0) is 19.3 Å². The lowest BCUT2D eigenvalue weighted by molar-refractivity contribution is -0.246. The predicted octanol–water partition coefficient (Wildman–Crippen LogP) is 3.38. The second-order valence-corrected chi connectivity index (χ2v) is 8.90. The lowest BCUT2D eigenvalue weighted by atomic mass is 9.79. The fourth-order valence-corrected chi connectivity index (χ4v) is 5.49. The van der Waals surface area contributed by atoms with Crippen molar-refractivity contribution in [3.8, 4) is 0 Å². The van der Waals surface area contributed by atoms with Crippen molar-refractivity contribution in [3.05, 3.63) is 34.4 Å². The molecule has 1 saturated carbocycles. The summed E-state index contributed by atoms with van der Waals surface area (Å²) in [6.07, 6.45) is 5.24. The molecule has 1 aromatic carbocycles. The summed E-state index contributed by atoms with van der Waals surface area (Å²) in [6.45, 7) is 7.25. The van der Waals surface area contributed by atoms with Gasteiger partial charge in [-0.05, 0) is 63.1 Å². The number of hydrogen-bond acceptors (Lipinski definition) is 5. The van der Waals surface area contributed by atoms with Gasteiger partial charge in [-0.25, -0.2) is 5.06 Å². The number of nitrogens with zero attached hydrogens (tertiary/aromatic N) is 2. The van der Waals surface area contributed by atoms with Crippen molar-refractivity contribution >= 4 is 11.7 Å². The molecule has 3 fully saturated rings. The number of rotatable bonds is 4. The van der Waals surface area contributed by atoms with Crippen LogP contribution in [-0.4, -0.2) is 53.7 Å². The highest BCUT2D eigenvalue weighted by molar-refractivity contribution is 6.17. The number of aryl methyl sites for hydroxylation is 3. The van der Waals surface area contributed by atoms with Crippen LogP contribution >= 0.6 is 0 Å². The molecule has 0 bridgehead atoms. The van der Waals surface area contributed by atoms with Crippen LogP contribution in [0.2, 0.25) is 0 Å². The average molecular weight is 401 g/mol. The Morgan fingerprint density at radius 3 is 2.14 bits per heavy atom. The molecule has 158 valence electrons. The molecule has 4 rings (SSSR count). The van der Waals surface area contributed by atoms with E-state index in [0.717, 1.165) is 47.9 Å². The molecule has 6 heteroatoms. The van der Waals surface area contributed by atoms with Crippen molar-refractivity contribution in [2.75, 3.05) is 20.2 Å². The average Bonchev–Trinajstić information content (AvgIpc) is 3.26. The third-order valence-electron chi connectivity index (χ3n) is 6.95. The third kappa shape index (κ3) is 3.41. The first-order valence-electron chi connectivity index (χ1n) is 10.8. The number of amides is 1. The Morgan fingerprint density at radius 1 is 1.00 bits per heavy atom. The number of carbonyl (C=O) groups is 2. The van der Waals surface area contributed by atoms with E-state index in [0.29, 0.717) is 25.9 Å². The van der Waals surface area contributed by atoms with E-state index < -0.39 is 11.5 Å². The van der Waals surface area contributed by atoms with Crippen LogP contribution in [0.25, 0.3) is 0 Å². The number of hydrogen-bond donors (Lipinski definition) is 0. The molecule has 29 heavy (non-hydrogen) atoms. The zero-order chi connectivity index (χ0) is 20.8. The summed E-state index contributed by atoms with van der Waals surface area (Å²) in [5.41, 5.74) is 3.12. The number of piperidine rings is 1. The maximum atomic E-state index is 13.9. The van der Waals surface area contributed by atoms with E-state index in [4.69, 9.17) is 9.68 Å². The van der Waals surface area contributed by atoms with E-state index in [1.54, 1.807) is 7.11 Å². The fraction of sp³-hybridized carbons (Fsp3) is 0.652. The molecule has 0 N–H and O–H groups in total. The molecule has 3 aliphatic rings. The van der Waals surface area contributed by atoms with Crippen molar-refractivity contribution in [3.63, 3.8) is 0 Å². The molecular weight excluding hydrogens is 368 g/mol.